The van der Waals surface area contributed by atoms with Gasteiger partial charge in [-0.15, -0.1) is 23.7 Å². The zero-order chi connectivity index (χ0) is 13.2. The van der Waals surface area contributed by atoms with Crippen molar-refractivity contribution in [1.29, 1.82) is 0 Å². The number of nitrogens with one attached hydrogen (secondary N) is 2. The average molecular weight is 380 g/mol. The summed E-state index contributed by atoms with van der Waals surface area (Å²) < 4.78 is 1.10. The molecular formula is C14H20BrClN2OS. The smallest absolute Gasteiger partial charge is 0.220 e. The first-order valence-corrected chi connectivity index (χ1v) is 8.62. The summed E-state index contributed by atoms with van der Waals surface area (Å²) in [4.78, 5) is 13.2. The minimum absolute atomic E-state index is 0. The maximum Gasteiger partial charge on any atom is 0.220 e. The number of carbonyl (C=O) groups excluding carboxylic acids is 1. The lowest BCUT2D eigenvalue weighted by Gasteiger charge is -2.28. The maximum atomic E-state index is 12.0. The largest absolute Gasteiger partial charge is 0.351 e. The molecule has 1 amide bonds. The van der Waals surface area contributed by atoms with Gasteiger partial charge < -0.3 is 10.6 Å². The maximum absolute atomic E-state index is 12.0. The number of carbonyl (C=O) groups is 1. The van der Waals surface area contributed by atoms with Crippen LogP contribution in [0.3, 0.4) is 0 Å². The molecule has 1 aromatic heterocycles. The van der Waals surface area contributed by atoms with Gasteiger partial charge in [-0.1, -0.05) is 0 Å². The van der Waals surface area contributed by atoms with Crippen molar-refractivity contribution in [2.45, 2.75) is 50.7 Å². The lowest BCUT2D eigenvalue weighted by Crippen LogP contribution is -2.39. The predicted octanol–water partition coefficient (Wildman–Crippen LogP) is 3.47. The highest BCUT2D eigenvalue weighted by Gasteiger charge is 2.34. The Morgan fingerprint density at radius 1 is 1.40 bits per heavy atom. The molecule has 2 aliphatic heterocycles. The monoisotopic (exact) mass is 378 g/mol. The van der Waals surface area contributed by atoms with Crippen molar-refractivity contribution in [3.8, 4) is 0 Å². The third-order valence-corrected chi connectivity index (χ3v) is 6.11. The zero-order valence-electron chi connectivity index (χ0n) is 11.2. The Hall–Kier alpha value is -0.100. The summed E-state index contributed by atoms with van der Waals surface area (Å²) >= 11 is 5.17. The highest BCUT2D eigenvalue weighted by Crippen LogP contribution is 2.32. The minimum Gasteiger partial charge on any atom is -0.351 e. The van der Waals surface area contributed by atoms with Crippen molar-refractivity contribution in [1.82, 2.24) is 10.6 Å². The molecule has 3 nitrogen and oxygen atoms in total. The molecule has 0 spiro atoms. The number of amides is 1. The van der Waals surface area contributed by atoms with Crippen LogP contribution in [0.25, 0.3) is 0 Å². The number of hydrogen-bond acceptors (Lipinski definition) is 3. The molecule has 2 atom stereocenters. The molecule has 20 heavy (non-hydrogen) atoms. The van der Waals surface area contributed by atoms with Gasteiger partial charge in [0.2, 0.25) is 5.91 Å². The summed E-state index contributed by atoms with van der Waals surface area (Å²) in [5, 5.41) is 8.70. The average Bonchev–Trinajstić information content (AvgIpc) is 2.93. The second-order valence-corrected chi connectivity index (χ2v) is 7.50. The van der Waals surface area contributed by atoms with E-state index in [9.17, 15) is 4.79 Å². The molecular weight excluding hydrogens is 360 g/mol. The third kappa shape index (κ3) is 3.97. The predicted molar refractivity (Wildman–Crippen MR) is 88.4 cm³/mol. The quantitative estimate of drug-likeness (QED) is 0.841. The lowest BCUT2D eigenvalue weighted by molar-refractivity contribution is -0.122. The second-order valence-electron chi connectivity index (χ2n) is 5.65. The molecule has 2 N–H and O–H groups in total. The Labute approximate surface area is 138 Å². The molecule has 2 aliphatic rings. The van der Waals surface area contributed by atoms with Crippen LogP contribution in [0.1, 0.15) is 37.0 Å². The van der Waals surface area contributed by atoms with E-state index in [-0.39, 0.29) is 18.3 Å². The Morgan fingerprint density at radius 3 is 2.70 bits per heavy atom. The van der Waals surface area contributed by atoms with Crippen LogP contribution >= 0.6 is 39.7 Å². The number of piperidine rings is 1. The SMILES string of the molecule is Cl.O=C(CC1CC2CCC(C1)N2)NCc1sccc1Br. The molecule has 2 saturated heterocycles. The topological polar surface area (TPSA) is 41.1 Å². The fourth-order valence-electron chi connectivity index (χ4n) is 3.31. The van der Waals surface area contributed by atoms with E-state index in [0.29, 0.717) is 31.0 Å². The van der Waals surface area contributed by atoms with Crippen LogP contribution in [0.5, 0.6) is 0 Å². The van der Waals surface area contributed by atoms with Gasteiger partial charge in [0.1, 0.15) is 0 Å². The normalized spacial score (nSPS) is 27.9. The van der Waals surface area contributed by atoms with Crippen molar-refractivity contribution in [3.05, 3.63) is 20.8 Å². The molecule has 112 valence electrons. The van der Waals surface area contributed by atoms with E-state index in [1.165, 1.54) is 30.6 Å². The Kier molecular flexibility index (Phi) is 5.90. The second kappa shape index (κ2) is 7.25. The van der Waals surface area contributed by atoms with Gasteiger partial charge in [-0.05, 0) is 59.0 Å². The van der Waals surface area contributed by atoms with Gasteiger partial charge in [0.15, 0.2) is 0 Å². The van der Waals surface area contributed by atoms with Crippen LogP contribution in [0.4, 0.5) is 0 Å². The summed E-state index contributed by atoms with van der Waals surface area (Å²) in [6.45, 7) is 0.648. The van der Waals surface area contributed by atoms with E-state index in [0.717, 1.165) is 4.47 Å². The zero-order valence-corrected chi connectivity index (χ0v) is 14.5. The highest BCUT2D eigenvalue weighted by molar-refractivity contribution is 9.10. The van der Waals surface area contributed by atoms with Crippen molar-refractivity contribution in [2.75, 3.05) is 0 Å². The van der Waals surface area contributed by atoms with Crippen molar-refractivity contribution >= 4 is 45.6 Å². The van der Waals surface area contributed by atoms with Gasteiger partial charge in [-0.3, -0.25) is 4.79 Å². The lowest BCUT2D eigenvalue weighted by atomic mass is 9.89. The van der Waals surface area contributed by atoms with E-state index in [4.69, 9.17) is 0 Å². The van der Waals surface area contributed by atoms with Crippen LogP contribution in [-0.4, -0.2) is 18.0 Å². The standard InChI is InChI=1S/C14H19BrN2OS.ClH/c15-12-3-4-19-13(12)8-16-14(18)7-9-5-10-1-2-11(6-9)17-10;/h3-4,9-11,17H,1-2,5-8H2,(H,16,18);1H. The summed E-state index contributed by atoms with van der Waals surface area (Å²) in [6.07, 6.45) is 5.63. The first-order valence-electron chi connectivity index (χ1n) is 6.95. The van der Waals surface area contributed by atoms with Crippen molar-refractivity contribution in [2.24, 2.45) is 5.92 Å². The molecule has 2 unspecified atom stereocenters. The fraction of sp³-hybridized carbons (Fsp3) is 0.643. The van der Waals surface area contributed by atoms with Crippen LogP contribution in [0, 0.1) is 5.92 Å². The van der Waals surface area contributed by atoms with Gasteiger partial charge >= 0.3 is 0 Å². The molecule has 3 rings (SSSR count). The van der Waals surface area contributed by atoms with E-state index in [2.05, 4.69) is 26.6 Å². The number of hydrogen-bond donors (Lipinski definition) is 2. The number of rotatable bonds is 4. The molecule has 0 radical (unpaired) electrons. The van der Waals surface area contributed by atoms with Crippen LogP contribution in [0.2, 0.25) is 0 Å². The van der Waals surface area contributed by atoms with Gasteiger partial charge in [-0.2, -0.15) is 0 Å². The number of fused-ring (bicyclic) bond motifs is 2. The van der Waals surface area contributed by atoms with Gasteiger partial charge in [0.25, 0.3) is 0 Å². The molecule has 0 aliphatic carbocycles. The molecule has 0 aromatic carbocycles. The number of thiophene rings is 1. The number of halogens is 2. The minimum atomic E-state index is 0. The molecule has 2 bridgehead atoms. The van der Waals surface area contributed by atoms with Crippen LogP contribution in [-0.2, 0) is 11.3 Å². The summed E-state index contributed by atoms with van der Waals surface area (Å²) in [6, 6.07) is 3.36. The molecule has 2 fully saturated rings. The molecule has 0 saturated carbocycles. The first-order chi connectivity index (χ1) is 9.20. The van der Waals surface area contributed by atoms with E-state index < -0.39 is 0 Å². The Bertz CT molecular complexity index is 456. The molecule has 3 heterocycles. The molecule has 1 aromatic rings. The summed E-state index contributed by atoms with van der Waals surface area (Å²) in [5.74, 6) is 0.775. The van der Waals surface area contributed by atoms with E-state index in [1.807, 2.05) is 11.4 Å². The third-order valence-electron chi connectivity index (χ3n) is 4.18. The van der Waals surface area contributed by atoms with Crippen molar-refractivity contribution in [3.63, 3.8) is 0 Å². The summed E-state index contributed by atoms with van der Waals surface area (Å²) in [5.41, 5.74) is 0. The molecule has 6 heteroatoms. The van der Waals surface area contributed by atoms with Gasteiger partial charge in [-0.25, -0.2) is 0 Å². The van der Waals surface area contributed by atoms with Gasteiger partial charge in [0, 0.05) is 27.9 Å². The van der Waals surface area contributed by atoms with Crippen LogP contribution < -0.4 is 10.6 Å². The fourth-order valence-corrected chi connectivity index (χ4v) is 4.74. The van der Waals surface area contributed by atoms with E-state index in [1.54, 1.807) is 11.3 Å². The van der Waals surface area contributed by atoms with Gasteiger partial charge in [0.05, 0.1) is 6.54 Å². The summed E-state index contributed by atoms with van der Waals surface area (Å²) in [7, 11) is 0. The first kappa shape index (κ1) is 16.3. The van der Waals surface area contributed by atoms with E-state index >= 15 is 0 Å². The Balaban J connectivity index is 0.00000147. The Morgan fingerprint density at radius 2 is 2.10 bits per heavy atom. The van der Waals surface area contributed by atoms with Crippen LogP contribution in [0.15, 0.2) is 15.9 Å². The van der Waals surface area contributed by atoms with Crippen molar-refractivity contribution < 1.29 is 4.79 Å². The highest BCUT2D eigenvalue weighted by atomic mass is 79.9.